The normalized spacial score (nSPS) is 20.7. The Hall–Kier alpha value is -2.40. The fourth-order valence-electron chi connectivity index (χ4n) is 4.32. The average Bonchev–Trinajstić information content (AvgIpc) is 3.00. The van der Waals surface area contributed by atoms with Crippen LogP contribution in [0.4, 0.5) is 5.69 Å². The third-order valence-corrected chi connectivity index (χ3v) is 5.95. The van der Waals surface area contributed by atoms with Crippen LogP contribution in [0.15, 0.2) is 42.6 Å². The van der Waals surface area contributed by atoms with Gasteiger partial charge in [-0.3, -0.25) is 9.78 Å². The molecule has 1 amide bonds. The Morgan fingerprint density at radius 3 is 2.68 bits per heavy atom. The number of aromatic nitrogens is 1. The summed E-state index contributed by atoms with van der Waals surface area (Å²) >= 11 is 0. The molecule has 5 nitrogen and oxygen atoms in total. The first-order valence-electron chi connectivity index (χ1n) is 10.5. The minimum atomic E-state index is 0.154. The van der Waals surface area contributed by atoms with Gasteiger partial charge in [-0.25, -0.2) is 0 Å². The molecule has 28 heavy (non-hydrogen) atoms. The molecule has 0 saturated carbocycles. The van der Waals surface area contributed by atoms with E-state index in [1.54, 1.807) is 0 Å². The summed E-state index contributed by atoms with van der Waals surface area (Å²) in [7, 11) is 0. The highest BCUT2D eigenvalue weighted by Crippen LogP contribution is 2.24. The van der Waals surface area contributed by atoms with Crippen LogP contribution in [0.3, 0.4) is 0 Å². The fraction of sp³-hybridized carbons (Fsp3) is 0.478. The number of aryl methyl sites for hydroxylation is 1. The quantitative estimate of drug-likeness (QED) is 0.891. The first kappa shape index (κ1) is 18.9. The molecule has 2 saturated heterocycles. The molecule has 1 N–H and O–H groups in total. The molecule has 2 fully saturated rings. The summed E-state index contributed by atoms with van der Waals surface area (Å²) in [5.41, 5.74) is 4.38. The summed E-state index contributed by atoms with van der Waals surface area (Å²) in [5.74, 6) is 0.731. The summed E-state index contributed by atoms with van der Waals surface area (Å²) in [6.45, 7) is 7.59. The highest BCUT2D eigenvalue weighted by atomic mass is 16.2. The SMILES string of the molecule is Cc1cc(N2CCCN(C(=O)c3ccc(C4CCCNC4)cc3)CC2)ccn1. The minimum Gasteiger partial charge on any atom is -0.370 e. The molecule has 1 unspecified atom stereocenters. The van der Waals surface area contributed by atoms with E-state index in [2.05, 4.69) is 39.5 Å². The molecule has 2 aromatic rings. The van der Waals surface area contributed by atoms with E-state index < -0.39 is 0 Å². The lowest BCUT2D eigenvalue weighted by molar-refractivity contribution is 0.0767. The zero-order valence-corrected chi connectivity index (χ0v) is 16.7. The lowest BCUT2D eigenvalue weighted by Crippen LogP contribution is -2.35. The molecule has 5 heteroatoms. The van der Waals surface area contributed by atoms with E-state index in [0.717, 1.165) is 56.9 Å². The Morgan fingerprint density at radius 1 is 1.07 bits per heavy atom. The van der Waals surface area contributed by atoms with Gasteiger partial charge in [0.25, 0.3) is 5.91 Å². The maximum absolute atomic E-state index is 13.0. The molecule has 2 aliphatic rings. The van der Waals surface area contributed by atoms with Gasteiger partial charge in [0, 0.05) is 55.9 Å². The van der Waals surface area contributed by atoms with Crippen LogP contribution in [-0.4, -0.2) is 55.1 Å². The number of nitrogens with one attached hydrogen (secondary N) is 1. The maximum atomic E-state index is 13.0. The van der Waals surface area contributed by atoms with E-state index in [0.29, 0.717) is 5.92 Å². The van der Waals surface area contributed by atoms with Gasteiger partial charge in [0.05, 0.1) is 0 Å². The molecule has 1 aromatic heterocycles. The smallest absolute Gasteiger partial charge is 0.253 e. The number of carbonyl (C=O) groups excluding carboxylic acids is 1. The monoisotopic (exact) mass is 378 g/mol. The molecular weight excluding hydrogens is 348 g/mol. The summed E-state index contributed by atoms with van der Waals surface area (Å²) in [6, 6.07) is 12.5. The molecule has 0 aliphatic carbocycles. The van der Waals surface area contributed by atoms with E-state index in [-0.39, 0.29) is 5.91 Å². The van der Waals surface area contributed by atoms with Crippen LogP contribution in [0.5, 0.6) is 0 Å². The second-order valence-corrected chi connectivity index (χ2v) is 7.95. The van der Waals surface area contributed by atoms with Gasteiger partial charge in [-0.05, 0) is 68.5 Å². The minimum absolute atomic E-state index is 0.154. The summed E-state index contributed by atoms with van der Waals surface area (Å²) in [6.07, 6.45) is 5.31. The van der Waals surface area contributed by atoms with Crippen LogP contribution in [0.2, 0.25) is 0 Å². The second-order valence-electron chi connectivity index (χ2n) is 7.95. The Bertz CT molecular complexity index is 799. The number of hydrogen-bond acceptors (Lipinski definition) is 4. The van der Waals surface area contributed by atoms with Gasteiger partial charge in [-0.2, -0.15) is 0 Å². The Kier molecular flexibility index (Phi) is 5.91. The van der Waals surface area contributed by atoms with Crippen molar-refractivity contribution in [2.24, 2.45) is 0 Å². The van der Waals surface area contributed by atoms with Crippen LogP contribution in [0, 0.1) is 6.92 Å². The van der Waals surface area contributed by atoms with Crippen molar-refractivity contribution in [2.45, 2.75) is 32.1 Å². The van der Waals surface area contributed by atoms with E-state index in [1.807, 2.05) is 30.2 Å². The average molecular weight is 379 g/mol. The third kappa shape index (κ3) is 4.36. The van der Waals surface area contributed by atoms with Crippen molar-refractivity contribution in [2.75, 3.05) is 44.2 Å². The van der Waals surface area contributed by atoms with Crippen molar-refractivity contribution in [3.8, 4) is 0 Å². The summed E-state index contributed by atoms with van der Waals surface area (Å²) < 4.78 is 0. The van der Waals surface area contributed by atoms with Crippen molar-refractivity contribution < 1.29 is 4.79 Å². The van der Waals surface area contributed by atoms with Gasteiger partial charge in [0.2, 0.25) is 0 Å². The highest BCUT2D eigenvalue weighted by molar-refractivity contribution is 5.94. The van der Waals surface area contributed by atoms with Crippen LogP contribution < -0.4 is 10.2 Å². The fourth-order valence-corrected chi connectivity index (χ4v) is 4.32. The number of hydrogen-bond donors (Lipinski definition) is 1. The number of amides is 1. The largest absolute Gasteiger partial charge is 0.370 e. The van der Waals surface area contributed by atoms with E-state index in [9.17, 15) is 4.79 Å². The highest BCUT2D eigenvalue weighted by Gasteiger charge is 2.21. The van der Waals surface area contributed by atoms with Crippen LogP contribution in [0.25, 0.3) is 0 Å². The molecule has 0 radical (unpaired) electrons. The number of nitrogens with zero attached hydrogens (tertiary/aromatic N) is 3. The molecule has 3 heterocycles. The van der Waals surface area contributed by atoms with Crippen molar-refractivity contribution in [1.82, 2.24) is 15.2 Å². The van der Waals surface area contributed by atoms with Crippen LogP contribution in [0.1, 0.15) is 46.8 Å². The number of benzene rings is 1. The molecule has 0 bridgehead atoms. The third-order valence-electron chi connectivity index (χ3n) is 5.95. The molecule has 148 valence electrons. The molecule has 2 aliphatic heterocycles. The van der Waals surface area contributed by atoms with Gasteiger partial charge >= 0.3 is 0 Å². The molecule has 1 atom stereocenters. The zero-order chi connectivity index (χ0) is 19.3. The van der Waals surface area contributed by atoms with Crippen molar-refractivity contribution in [1.29, 1.82) is 0 Å². The maximum Gasteiger partial charge on any atom is 0.253 e. The van der Waals surface area contributed by atoms with Gasteiger partial charge < -0.3 is 15.1 Å². The van der Waals surface area contributed by atoms with Gasteiger partial charge in [0.1, 0.15) is 0 Å². The number of piperidine rings is 1. The molecule has 0 spiro atoms. The topological polar surface area (TPSA) is 48.5 Å². The molecule has 1 aromatic carbocycles. The first-order valence-corrected chi connectivity index (χ1v) is 10.5. The number of anilines is 1. The standard InChI is InChI=1S/C23H30N4O/c1-18-16-22(9-11-25-18)26-12-3-13-27(15-14-26)23(28)20-7-5-19(6-8-20)21-4-2-10-24-17-21/h5-9,11,16,21,24H,2-4,10,12-15,17H2,1H3. The van der Waals surface area contributed by atoms with Gasteiger partial charge in [-0.1, -0.05) is 12.1 Å². The molecule has 4 rings (SSSR count). The Morgan fingerprint density at radius 2 is 1.93 bits per heavy atom. The predicted octanol–water partition coefficient (Wildman–Crippen LogP) is 3.21. The zero-order valence-electron chi connectivity index (χ0n) is 16.7. The second kappa shape index (κ2) is 8.74. The van der Waals surface area contributed by atoms with Crippen molar-refractivity contribution in [3.63, 3.8) is 0 Å². The van der Waals surface area contributed by atoms with Crippen molar-refractivity contribution in [3.05, 3.63) is 59.4 Å². The lowest BCUT2D eigenvalue weighted by atomic mass is 9.91. The van der Waals surface area contributed by atoms with Gasteiger partial charge in [0.15, 0.2) is 0 Å². The van der Waals surface area contributed by atoms with Crippen LogP contribution in [-0.2, 0) is 0 Å². The Labute approximate surface area is 167 Å². The molecular formula is C23H30N4O. The Balaban J connectivity index is 1.39. The number of pyridine rings is 1. The lowest BCUT2D eigenvalue weighted by Gasteiger charge is -2.25. The van der Waals surface area contributed by atoms with E-state index in [4.69, 9.17) is 0 Å². The number of carbonyl (C=O) groups is 1. The van der Waals surface area contributed by atoms with E-state index in [1.165, 1.54) is 24.1 Å². The number of rotatable bonds is 3. The summed E-state index contributed by atoms with van der Waals surface area (Å²) in [4.78, 5) is 21.7. The van der Waals surface area contributed by atoms with Crippen molar-refractivity contribution >= 4 is 11.6 Å². The summed E-state index contributed by atoms with van der Waals surface area (Å²) in [5, 5.41) is 3.47. The predicted molar refractivity (Wildman–Crippen MR) is 113 cm³/mol. The van der Waals surface area contributed by atoms with Crippen LogP contribution >= 0.6 is 0 Å². The van der Waals surface area contributed by atoms with Gasteiger partial charge in [-0.15, -0.1) is 0 Å². The first-order chi connectivity index (χ1) is 13.7. The van der Waals surface area contributed by atoms with E-state index >= 15 is 0 Å².